The maximum Gasteiger partial charge on any atom is 0.260 e. The smallest absolute Gasteiger partial charge is 0.260 e. The predicted octanol–water partition coefficient (Wildman–Crippen LogP) is 3.20. The van der Waals surface area contributed by atoms with Crippen molar-refractivity contribution >= 4 is 38.9 Å². The van der Waals surface area contributed by atoms with Crippen molar-refractivity contribution in [2.24, 2.45) is 0 Å². The van der Waals surface area contributed by atoms with Crippen LogP contribution in [0.25, 0.3) is 0 Å². The molecule has 1 aliphatic rings. The molecule has 1 saturated heterocycles. The Labute approximate surface area is 160 Å². The summed E-state index contributed by atoms with van der Waals surface area (Å²) in [5.41, 5.74) is 0. The summed E-state index contributed by atoms with van der Waals surface area (Å²) in [5.74, 6) is -0.533. The summed E-state index contributed by atoms with van der Waals surface area (Å²) in [6, 6.07) is 9.27. The van der Waals surface area contributed by atoms with E-state index in [4.69, 9.17) is 27.9 Å². The van der Waals surface area contributed by atoms with E-state index in [1.54, 1.807) is 12.1 Å². The Balaban J connectivity index is 1.55. The molecule has 1 heterocycles. The second kappa shape index (κ2) is 7.42. The van der Waals surface area contributed by atoms with Crippen LogP contribution in [0.1, 0.15) is 0 Å². The zero-order chi connectivity index (χ0) is 18.9. The lowest BCUT2D eigenvalue weighted by molar-refractivity contribution is -0.136. The molecule has 3 rings (SSSR count). The molecule has 26 heavy (non-hydrogen) atoms. The number of ether oxygens (including phenoxy) is 1. The summed E-state index contributed by atoms with van der Waals surface area (Å²) in [4.78, 5) is 13.5. The highest BCUT2D eigenvalue weighted by Crippen LogP contribution is 2.28. The second-order valence-corrected chi connectivity index (χ2v) is 8.85. The van der Waals surface area contributed by atoms with Crippen molar-refractivity contribution in [1.29, 1.82) is 0 Å². The molecular formula is C17H14Cl2FNO4S. The van der Waals surface area contributed by atoms with Gasteiger partial charge in [-0.05, 0) is 42.5 Å². The van der Waals surface area contributed by atoms with Crippen molar-refractivity contribution < 1.29 is 22.3 Å². The highest BCUT2D eigenvalue weighted by atomic mass is 35.5. The van der Waals surface area contributed by atoms with Crippen LogP contribution in [0.2, 0.25) is 10.0 Å². The number of sulfone groups is 1. The minimum Gasteiger partial charge on any atom is -0.482 e. The first-order valence-electron chi connectivity index (χ1n) is 7.62. The van der Waals surface area contributed by atoms with Gasteiger partial charge in [0.15, 0.2) is 16.4 Å². The van der Waals surface area contributed by atoms with Crippen LogP contribution in [-0.2, 0) is 14.6 Å². The number of halogens is 3. The predicted molar refractivity (Wildman–Crippen MR) is 95.9 cm³/mol. The molecule has 0 atom stereocenters. The first-order chi connectivity index (χ1) is 12.3. The summed E-state index contributed by atoms with van der Waals surface area (Å²) < 4.78 is 43.1. The molecule has 1 amide bonds. The van der Waals surface area contributed by atoms with Gasteiger partial charge in [-0.3, -0.25) is 4.79 Å². The number of carbonyl (C=O) groups is 1. The fourth-order valence-corrected chi connectivity index (χ4v) is 4.59. The lowest BCUT2D eigenvalue weighted by Gasteiger charge is -2.38. The molecule has 0 aliphatic carbocycles. The third-order valence-electron chi connectivity index (χ3n) is 4.03. The van der Waals surface area contributed by atoms with Gasteiger partial charge in [0.05, 0.1) is 9.92 Å². The fraction of sp³-hybridized carbons (Fsp3) is 0.235. The second-order valence-electron chi connectivity index (χ2n) is 5.78. The zero-order valence-electron chi connectivity index (χ0n) is 13.4. The third-order valence-corrected chi connectivity index (χ3v) is 6.66. The zero-order valence-corrected chi connectivity index (χ0v) is 15.7. The first kappa shape index (κ1) is 18.9. The monoisotopic (exact) mass is 417 g/mol. The average Bonchev–Trinajstić information content (AvgIpc) is 2.52. The van der Waals surface area contributed by atoms with Gasteiger partial charge in [0.25, 0.3) is 5.91 Å². The standard InChI is InChI=1S/C17H14Cl2FNO4S/c18-11-1-6-16(15(19)7-11)25-10-17(22)21-8-14(9-21)26(23,24)13-4-2-12(20)3-5-13/h1-7,14H,8-10H2. The molecule has 0 aromatic heterocycles. The minimum absolute atomic E-state index is 0.0418. The number of hydrogen-bond donors (Lipinski definition) is 0. The maximum atomic E-state index is 12.9. The number of amides is 1. The topological polar surface area (TPSA) is 63.7 Å². The quantitative estimate of drug-likeness (QED) is 0.700. The summed E-state index contributed by atoms with van der Waals surface area (Å²) in [6.07, 6.45) is 0. The van der Waals surface area contributed by atoms with Gasteiger partial charge < -0.3 is 9.64 Å². The van der Waals surface area contributed by atoms with Crippen LogP contribution in [0.5, 0.6) is 5.75 Å². The Bertz CT molecular complexity index is 928. The van der Waals surface area contributed by atoms with E-state index in [2.05, 4.69) is 0 Å². The molecule has 0 N–H and O–H groups in total. The molecule has 0 bridgehead atoms. The van der Waals surface area contributed by atoms with Crippen LogP contribution in [0.15, 0.2) is 47.4 Å². The van der Waals surface area contributed by atoms with Crippen LogP contribution in [0.3, 0.4) is 0 Å². The van der Waals surface area contributed by atoms with E-state index in [0.717, 1.165) is 12.1 Å². The minimum atomic E-state index is -3.60. The largest absolute Gasteiger partial charge is 0.482 e. The van der Waals surface area contributed by atoms with Crippen molar-refractivity contribution in [2.75, 3.05) is 19.7 Å². The van der Waals surface area contributed by atoms with E-state index in [9.17, 15) is 17.6 Å². The highest BCUT2D eigenvalue weighted by molar-refractivity contribution is 7.92. The molecule has 1 fully saturated rings. The molecule has 0 radical (unpaired) electrons. The molecule has 2 aromatic carbocycles. The van der Waals surface area contributed by atoms with Crippen molar-refractivity contribution in [3.05, 3.63) is 58.3 Å². The molecule has 5 nitrogen and oxygen atoms in total. The Hall–Kier alpha value is -1.83. The Morgan fingerprint density at radius 1 is 1.15 bits per heavy atom. The van der Waals surface area contributed by atoms with E-state index < -0.39 is 20.9 Å². The van der Waals surface area contributed by atoms with Gasteiger partial charge in [0.1, 0.15) is 16.8 Å². The number of benzene rings is 2. The normalized spacial score (nSPS) is 14.8. The Kier molecular flexibility index (Phi) is 5.41. The Morgan fingerprint density at radius 3 is 2.42 bits per heavy atom. The van der Waals surface area contributed by atoms with Crippen LogP contribution < -0.4 is 4.74 Å². The lowest BCUT2D eigenvalue weighted by Crippen LogP contribution is -2.57. The molecular weight excluding hydrogens is 404 g/mol. The van der Waals surface area contributed by atoms with Gasteiger partial charge in [0, 0.05) is 18.1 Å². The fourth-order valence-electron chi connectivity index (χ4n) is 2.48. The van der Waals surface area contributed by atoms with E-state index in [1.165, 1.54) is 23.1 Å². The van der Waals surface area contributed by atoms with Crippen LogP contribution in [0.4, 0.5) is 4.39 Å². The van der Waals surface area contributed by atoms with Gasteiger partial charge >= 0.3 is 0 Å². The third kappa shape index (κ3) is 3.95. The molecule has 138 valence electrons. The van der Waals surface area contributed by atoms with Gasteiger partial charge in [-0.1, -0.05) is 23.2 Å². The van der Waals surface area contributed by atoms with Crippen molar-refractivity contribution in [2.45, 2.75) is 10.1 Å². The summed E-state index contributed by atoms with van der Waals surface area (Å²) >= 11 is 11.7. The van der Waals surface area contributed by atoms with Crippen LogP contribution >= 0.6 is 23.2 Å². The van der Waals surface area contributed by atoms with Crippen LogP contribution in [0, 0.1) is 5.82 Å². The molecule has 1 aliphatic heterocycles. The SMILES string of the molecule is O=C(COc1ccc(Cl)cc1Cl)N1CC(S(=O)(=O)c2ccc(F)cc2)C1. The molecule has 0 spiro atoms. The summed E-state index contributed by atoms with van der Waals surface area (Å²) in [5, 5.41) is 0.0203. The number of rotatable bonds is 5. The van der Waals surface area contributed by atoms with E-state index in [0.29, 0.717) is 10.8 Å². The summed E-state index contributed by atoms with van der Waals surface area (Å²) in [7, 11) is -3.60. The molecule has 0 saturated carbocycles. The number of carbonyl (C=O) groups excluding carboxylic acids is 1. The van der Waals surface area contributed by atoms with Crippen LogP contribution in [-0.4, -0.2) is 44.2 Å². The lowest BCUT2D eigenvalue weighted by atomic mass is 10.2. The maximum absolute atomic E-state index is 12.9. The van der Waals surface area contributed by atoms with Gasteiger partial charge in [-0.25, -0.2) is 12.8 Å². The van der Waals surface area contributed by atoms with Crippen molar-refractivity contribution in [1.82, 2.24) is 4.90 Å². The molecule has 2 aromatic rings. The number of likely N-dealkylation sites (tertiary alicyclic amines) is 1. The summed E-state index contributed by atoms with van der Waals surface area (Å²) in [6.45, 7) is -0.128. The van der Waals surface area contributed by atoms with Gasteiger partial charge in [-0.2, -0.15) is 0 Å². The number of nitrogens with zero attached hydrogens (tertiary/aromatic N) is 1. The van der Waals surface area contributed by atoms with Crippen molar-refractivity contribution in [3.8, 4) is 5.75 Å². The van der Waals surface area contributed by atoms with Crippen molar-refractivity contribution in [3.63, 3.8) is 0 Å². The highest BCUT2D eigenvalue weighted by Gasteiger charge is 2.40. The van der Waals surface area contributed by atoms with E-state index >= 15 is 0 Å². The first-order valence-corrected chi connectivity index (χ1v) is 9.92. The molecule has 9 heteroatoms. The van der Waals surface area contributed by atoms with E-state index in [-0.39, 0.29) is 35.5 Å². The Morgan fingerprint density at radius 2 is 1.81 bits per heavy atom. The molecule has 0 unspecified atom stereocenters. The van der Waals surface area contributed by atoms with E-state index in [1.807, 2.05) is 0 Å². The van der Waals surface area contributed by atoms with Gasteiger partial charge in [-0.15, -0.1) is 0 Å². The number of hydrogen-bond acceptors (Lipinski definition) is 4. The van der Waals surface area contributed by atoms with Gasteiger partial charge in [0.2, 0.25) is 0 Å². The average molecular weight is 418 g/mol.